The number of benzene rings is 8. The third kappa shape index (κ3) is 9.82. The summed E-state index contributed by atoms with van der Waals surface area (Å²) < 4.78 is 29.4. The zero-order valence-corrected chi connectivity index (χ0v) is 51.4. The first kappa shape index (κ1) is 53.5. The number of aryl methyl sites for hydroxylation is 1. The second-order valence-corrected chi connectivity index (χ2v) is 40.2. The van der Waals surface area contributed by atoms with Crippen molar-refractivity contribution in [3.05, 3.63) is 240 Å². The number of ether oxygens (including phenoxy) is 2. The quantitative estimate of drug-likeness (QED) is 0.0755. The van der Waals surface area contributed by atoms with Crippen LogP contribution in [0.3, 0.4) is 0 Å². The van der Waals surface area contributed by atoms with E-state index in [0.717, 1.165) is 66.0 Å². The molecule has 400 valence electrons. The predicted octanol–water partition coefficient (Wildman–Crippen LogP) is 12.9. The van der Waals surface area contributed by atoms with Gasteiger partial charge in [-0.2, -0.15) is 0 Å². The number of nitrogens with zero attached hydrogens (tertiary/aromatic N) is 2. The van der Waals surface area contributed by atoms with Crippen molar-refractivity contribution in [2.45, 2.75) is 145 Å². The summed E-state index contributed by atoms with van der Waals surface area (Å²) in [5, 5.41) is 2.31. The van der Waals surface area contributed by atoms with E-state index in [0.29, 0.717) is 5.92 Å². The summed E-state index contributed by atoms with van der Waals surface area (Å²) in [4.78, 5) is 0. The second kappa shape index (κ2) is 21.7. The first-order chi connectivity index (χ1) is 38.3. The third-order valence-electron chi connectivity index (χ3n) is 18.0. The van der Waals surface area contributed by atoms with Crippen molar-refractivity contribution in [3.8, 4) is 11.5 Å². The molecule has 3 heterocycles. The molecule has 6 heteroatoms. The maximum absolute atomic E-state index is 7.65. The number of rotatable bonds is 15. The van der Waals surface area contributed by atoms with E-state index < -0.39 is 33.1 Å². The molecule has 1 spiro atoms. The molecule has 4 nitrogen and oxygen atoms in total. The molecule has 8 aromatic rings. The molecule has 3 unspecified atom stereocenters. The number of fused-ring (bicyclic) bond motifs is 5. The first-order valence-electron chi connectivity index (χ1n) is 29.4. The zero-order valence-electron chi connectivity index (χ0n) is 47.7. The fourth-order valence-corrected chi connectivity index (χ4v) is 32.3. The van der Waals surface area contributed by atoms with Gasteiger partial charge in [0.2, 0.25) is 0 Å². The molecule has 0 amide bonds. The second-order valence-electron chi connectivity index (χ2n) is 25.0. The van der Waals surface area contributed by atoms with E-state index in [4.69, 9.17) is 9.47 Å². The van der Waals surface area contributed by atoms with Gasteiger partial charge in [-0.05, 0) is 28.9 Å². The van der Waals surface area contributed by atoms with Gasteiger partial charge in [0.25, 0.3) is 0 Å². The van der Waals surface area contributed by atoms with E-state index in [2.05, 4.69) is 276 Å². The van der Waals surface area contributed by atoms with Crippen LogP contribution in [-0.4, -0.2) is 66.8 Å². The molecule has 0 bridgehead atoms. The van der Waals surface area contributed by atoms with Crippen LogP contribution in [0.15, 0.2) is 206 Å². The van der Waals surface area contributed by atoms with Crippen molar-refractivity contribution >= 4 is 65.6 Å². The van der Waals surface area contributed by atoms with E-state index in [1.807, 2.05) is 0 Å². The van der Waals surface area contributed by atoms with Crippen molar-refractivity contribution in [1.82, 2.24) is 0 Å². The Hall–Kier alpha value is -6.18. The molecule has 8 aromatic carbocycles. The molecule has 79 heavy (non-hydrogen) atoms. The van der Waals surface area contributed by atoms with Crippen LogP contribution in [0.1, 0.15) is 132 Å². The van der Waals surface area contributed by atoms with Crippen molar-refractivity contribution in [1.29, 1.82) is 0 Å². The van der Waals surface area contributed by atoms with Crippen LogP contribution in [-0.2, 0) is 10.8 Å². The Balaban J connectivity index is 0.960. The topological polar surface area (TPSA) is 24.5 Å². The molecule has 0 N–H and O–H groups in total. The van der Waals surface area contributed by atoms with Gasteiger partial charge in [0.05, 0.1) is 5.56 Å². The molecule has 1 saturated carbocycles. The van der Waals surface area contributed by atoms with Crippen LogP contribution in [0.5, 0.6) is 11.5 Å². The summed E-state index contributed by atoms with van der Waals surface area (Å²) in [6, 6.07) is 78.7. The van der Waals surface area contributed by atoms with Gasteiger partial charge in [0, 0.05) is 5.56 Å². The van der Waals surface area contributed by atoms with Gasteiger partial charge >= 0.3 is 393 Å². The van der Waals surface area contributed by atoms with Crippen LogP contribution >= 0.6 is 0 Å². The van der Waals surface area contributed by atoms with Gasteiger partial charge in [-0.1, -0.05) is 47.6 Å². The van der Waals surface area contributed by atoms with Crippen molar-refractivity contribution in [3.63, 3.8) is 0 Å². The fourth-order valence-electron chi connectivity index (χ4n) is 14.0. The summed E-state index contributed by atoms with van der Waals surface area (Å²) in [5.41, 5.74) is 7.39. The minimum atomic E-state index is -2.98. The van der Waals surface area contributed by atoms with E-state index in [1.165, 1.54) is 66.8 Å². The average molecular weight is 1170 g/mol. The molecule has 4 aliphatic rings. The summed E-state index contributed by atoms with van der Waals surface area (Å²) in [6.07, 6.45) is 14.0. The van der Waals surface area contributed by atoms with Gasteiger partial charge in [0.1, 0.15) is 0 Å². The van der Waals surface area contributed by atoms with E-state index in [1.54, 1.807) is 0 Å². The minimum absolute atomic E-state index is 0.00241. The SMILES string of the molecule is Cc1cc(C(CCC[As+](c2ccccc2)(c2ccccc2)c2ccccc2)CCC[As+](c2ccccc2)(c2ccccc2)c2ccccc2)cc2c1OC13Oc4c(cc(C(C)(C)C)cc4C(C)(C)C)C=[N+]1C1CCCCC1[N+]3=C2. The maximum atomic E-state index is 7.65. The normalized spacial score (nSPS) is 18.7. The third-order valence-corrected chi connectivity index (χ3v) is 36.9. The molecule has 0 radical (unpaired) electrons. The van der Waals surface area contributed by atoms with Crippen LogP contribution in [0, 0.1) is 6.92 Å². The van der Waals surface area contributed by atoms with Gasteiger partial charge in [-0.3, -0.25) is 0 Å². The van der Waals surface area contributed by atoms with E-state index in [9.17, 15) is 0 Å². The van der Waals surface area contributed by atoms with E-state index >= 15 is 0 Å². The number of hydrogen-bond acceptors (Lipinski definition) is 2. The predicted molar refractivity (Wildman–Crippen MR) is 335 cm³/mol. The Morgan fingerprint density at radius 3 is 1.20 bits per heavy atom. The molecule has 0 aromatic heterocycles. The molecule has 12 rings (SSSR count). The summed E-state index contributed by atoms with van der Waals surface area (Å²) in [7, 11) is 0. The molecule has 1 aliphatic carbocycles. The Labute approximate surface area is 477 Å². The molecular weight excluding hydrogens is 1090 g/mol. The monoisotopic (exact) mass is 1170 g/mol. The summed E-state index contributed by atoms with van der Waals surface area (Å²) >= 11 is -5.96. The van der Waals surface area contributed by atoms with Gasteiger partial charge in [-0.15, -0.1) is 0 Å². The van der Waals surface area contributed by atoms with Gasteiger partial charge in [-0.25, -0.2) is 0 Å². The van der Waals surface area contributed by atoms with Crippen molar-refractivity contribution in [2.24, 2.45) is 0 Å². The van der Waals surface area contributed by atoms with Crippen molar-refractivity contribution < 1.29 is 18.6 Å². The fraction of sp³-hybridized carbons (Fsp3) is 0.315. The summed E-state index contributed by atoms with van der Waals surface area (Å²) in [5.74, 6) is 2.23. The average Bonchev–Trinajstić information content (AvgIpc) is 3.38. The van der Waals surface area contributed by atoms with Crippen LogP contribution in [0.25, 0.3) is 0 Å². The van der Waals surface area contributed by atoms with Gasteiger partial charge in [0.15, 0.2) is 0 Å². The Bertz CT molecular complexity index is 3170. The molecule has 3 atom stereocenters. The first-order valence-corrected chi connectivity index (χ1v) is 37.7. The number of hydrogen-bond donors (Lipinski definition) is 0. The van der Waals surface area contributed by atoms with Crippen LogP contribution < -0.4 is 35.6 Å². The molecular formula is C73H80As2N2O2+4. The van der Waals surface area contributed by atoms with Crippen LogP contribution in [0.2, 0.25) is 10.4 Å². The summed E-state index contributed by atoms with van der Waals surface area (Å²) in [6.45, 7) is 16.2. The zero-order chi connectivity index (χ0) is 54.4. The van der Waals surface area contributed by atoms with Crippen LogP contribution in [0.4, 0.5) is 0 Å². The van der Waals surface area contributed by atoms with E-state index in [-0.39, 0.29) is 22.9 Å². The standard InChI is InChI=1S/C73H80As2N2O2/c1-54-48-56(49-57-52-76-67-44-26-27-45-68(67)77-53-58-50-59(71(2,3)4)51-66(72(5,6)7)70(58)79-73(76,77)78-69(54)57)55(30-28-46-74(60-32-14-8-15-33-60,61-34-16-9-17-35-61)62-36-18-10-19-37-62)31-29-47-75(63-38-20-11-21-39-63,64-40-22-12-23-41-64)65-42-24-13-25-43-65/h8-25,32-43,48-53,55,67-68H,26-31,44-47H2,1-7H3/q+4. The Kier molecular flexibility index (Phi) is 14.7. The Morgan fingerprint density at radius 2 is 0.835 bits per heavy atom. The molecule has 2 fully saturated rings. The molecule has 1 saturated heterocycles. The molecule has 3 aliphatic heterocycles. The Morgan fingerprint density at radius 1 is 0.468 bits per heavy atom. The van der Waals surface area contributed by atoms with Crippen molar-refractivity contribution in [2.75, 3.05) is 0 Å². The van der Waals surface area contributed by atoms with Gasteiger partial charge < -0.3 is 0 Å².